The largest absolute Gasteiger partial charge is 0.489 e. The molecule has 0 aliphatic heterocycles. The van der Waals surface area contributed by atoms with E-state index in [0.29, 0.717) is 12.2 Å². The van der Waals surface area contributed by atoms with Crippen LogP contribution in [-0.4, -0.2) is 16.1 Å². The van der Waals surface area contributed by atoms with E-state index in [2.05, 4.69) is 5.10 Å². The molecule has 0 fully saturated rings. The number of aromatic nitrogens is 2. The first-order valence-electron chi connectivity index (χ1n) is 6.62. The predicted octanol–water partition coefficient (Wildman–Crippen LogP) is 3.26. The van der Waals surface area contributed by atoms with Gasteiger partial charge in [0, 0.05) is 17.3 Å². The molecule has 4 nitrogen and oxygen atoms in total. The van der Waals surface area contributed by atoms with Crippen LogP contribution < -0.4 is 4.74 Å². The topological polar surface area (TPSA) is 44.1 Å². The molecule has 0 bridgehead atoms. The molecular weight excluding hydrogens is 264 g/mol. The highest BCUT2D eigenvalue weighted by Gasteiger charge is 2.02. The number of nitrogens with zero attached hydrogens (tertiary/aromatic N) is 2. The Morgan fingerprint density at radius 1 is 1.05 bits per heavy atom. The number of carbonyl (C=O) groups excluding carboxylic acids is 1. The summed E-state index contributed by atoms with van der Waals surface area (Å²) < 4.78 is 7.49. The summed E-state index contributed by atoms with van der Waals surface area (Å²) in [6, 6.07) is 16.9. The molecule has 0 N–H and O–H groups in total. The second-order valence-electron chi connectivity index (χ2n) is 4.60. The summed E-state index contributed by atoms with van der Waals surface area (Å²) >= 11 is 0. The van der Waals surface area contributed by atoms with Crippen molar-refractivity contribution in [3.05, 3.63) is 78.1 Å². The van der Waals surface area contributed by atoms with Gasteiger partial charge in [0.1, 0.15) is 18.6 Å². The van der Waals surface area contributed by atoms with E-state index in [0.717, 1.165) is 23.3 Å². The maximum atomic E-state index is 10.6. The van der Waals surface area contributed by atoms with Crippen LogP contribution >= 0.6 is 0 Å². The van der Waals surface area contributed by atoms with Crippen LogP contribution in [0.3, 0.4) is 0 Å². The third-order valence-corrected chi connectivity index (χ3v) is 3.08. The Morgan fingerprint density at radius 3 is 2.52 bits per heavy atom. The second kappa shape index (κ2) is 6.05. The van der Waals surface area contributed by atoms with E-state index in [9.17, 15) is 4.79 Å². The minimum absolute atomic E-state index is 0.438. The van der Waals surface area contributed by atoms with Crippen molar-refractivity contribution in [3.63, 3.8) is 0 Å². The van der Waals surface area contributed by atoms with Gasteiger partial charge in [0.15, 0.2) is 0 Å². The smallest absolute Gasteiger partial charge is 0.150 e. The third-order valence-electron chi connectivity index (χ3n) is 3.08. The highest BCUT2D eigenvalue weighted by molar-refractivity contribution is 5.74. The normalized spacial score (nSPS) is 10.3. The molecule has 1 heterocycles. The highest BCUT2D eigenvalue weighted by atomic mass is 16.5. The number of hydrogen-bond donors (Lipinski definition) is 0. The molecule has 0 amide bonds. The fourth-order valence-electron chi connectivity index (χ4n) is 1.97. The number of rotatable bonds is 5. The van der Waals surface area contributed by atoms with E-state index in [-0.39, 0.29) is 0 Å². The first-order valence-corrected chi connectivity index (χ1v) is 6.62. The molecule has 0 aliphatic rings. The molecule has 0 saturated carbocycles. The fourth-order valence-corrected chi connectivity index (χ4v) is 1.97. The van der Waals surface area contributed by atoms with Crippen LogP contribution in [-0.2, 0) is 6.61 Å². The van der Waals surface area contributed by atoms with Crippen LogP contribution in [0.5, 0.6) is 5.75 Å². The third kappa shape index (κ3) is 3.17. The van der Waals surface area contributed by atoms with E-state index in [1.165, 1.54) is 0 Å². The average molecular weight is 278 g/mol. The van der Waals surface area contributed by atoms with Gasteiger partial charge in [-0.15, -0.1) is 0 Å². The molecular formula is C17H14N2O2. The summed E-state index contributed by atoms with van der Waals surface area (Å²) in [6.45, 7) is 0.438. The van der Waals surface area contributed by atoms with E-state index in [4.69, 9.17) is 4.74 Å². The van der Waals surface area contributed by atoms with Gasteiger partial charge >= 0.3 is 0 Å². The van der Waals surface area contributed by atoms with Gasteiger partial charge in [0.2, 0.25) is 0 Å². The Kier molecular flexibility index (Phi) is 3.78. The lowest BCUT2D eigenvalue weighted by Gasteiger charge is -2.04. The van der Waals surface area contributed by atoms with Crippen LogP contribution in [0.2, 0.25) is 0 Å². The number of benzene rings is 2. The molecule has 3 aromatic rings. The van der Waals surface area contributed by atoms with Crippen molar-refractivity contribution in [2.45, 2.75) is 6.61 Å². The number of carbonyl (C=O) groups is 1. The van der Waals surface area contributed by atoms with E-state index >= 15 is 0 Å². The van der Waals surface area contributed by atoms with Gasteiger partial charge in [0.25, 0.3) is 0 Å². The maximum Gasteiger partial charge on any atom is 0.150 e. The average Bonchev–Trinajstić information content (AvgIpc) is 3.03. The first-order chi connectivity index (χ1) is 10.3. The lowest BCUT2D eigenvalue weighted by atomic mass is 10.2. The molecule has 0 atom stereocenters. The molecule has 0 radical (unpaired) electrons. The van der Waals surface area contributed by atoms with Crippen molar-refractivity contribution in [1.29, 1.82) is 0 Å². The van der Waals surface area contributed by atoms with Crippen LogP contribution in [0.25, 0.3) is 5.69 Å². The zero-order chi connectivity index (χ0) is 14.5. The van der Waals surface area contributed by atoms with Crippen LogP contribution in [0.4, 0.5) is 0 Å². The summed E-state index contributed by atoms with van der Waals surface area (Å²) in [6.07, 6.45) is 4.54. The summed E-state index contributed by atoms with van der Waals surface area (Å²) in [5.74, 6) is 0.730. The van der Waals surface area contributed by atoms with Crippen LogP contribution in [0.1, 0.15) is 15.9 Å². The van der Waals surface area contributed by atoms with Crippen LogP contribution in [0.15, 0.2) is 67.0 Å². The Labute approximate surface area is 122 Å². The zero-order valence-corrected chi connectivity index (χ0v) is 11.3. The van der Waals surface area contributed by atoms with Crippen molar-refractivity contribution < 1.29 is 9.53 Å². The van der Waals surface area contributed by atoms with Gasteiger partial charge in [0.05, 0.1) is 11.9 Å². The Hall–Kier alpha value is -2.88. The van der Waals surface area contributed by atoms with Gasteiger partial charge in [-0.1, -0.05) is 18.2 Å². The van der Waals surface area contributed by atoms with Crippen LogP contribution in [0, 0.1) is 0 Å². The minimum atomic E-state index is 0.438. The van der Waals surface area contributed by atoms with E-state index in [1.54, 1.807) is 30.5 Å². The molecule has 0 spiro atoms. The monoisotopic (exact) mass is 278 g/mol. The minimum Gasteiger partial charge on any atom is -0.489 e. The van der Waals surface area contributed by atoms with E-state index in [1.807, 2.05) is 41.2 Å². The standard InChI is InChI=1S/C17H14N2O2/c20-12-14-6-8-17(9-7-14)21-13-15-10-18-19(11-15)16-4-2-1-3-5-16/h1-12H,13H2. The Balaban J connectivity index is 1.66. The molecule has 3 rings (SSSR count). The number of hydrogen-bond acceptors (Lipinski definition) is 3. The highest BCUT2D eigenvalue weighted by Crippen LogP contribution is 2.14. The quantitative estimate of drug-likeness (QED) is 0.673. The maximum absolute atomic E-state index is 10.6. The fraction of sp³-hybridized carbons (Fsp3) is 0.0588. The second-order valence-corrected chi connectivity index (χ2v) is 4.60. The number of para-hydroxylation sites is 1. The lowest BCUT2D eigenvalue weighted by molar-refractivity contribution is 0.112. The van der Waals surface area contributed by atoms with Crippen molar-refractivity contribution in [2.24, 2.45) is 0 Å². The molecule has 2 aromatic carbocycles. The van der Waals surface area contributed by atoms with Gasteiger partial charge in [-0.05, 0) is 36.4 Å². The molecule has 0 unspecified atom stereocenters. The number of aldehydes is 1. The van der Waals surface area contributed by atoms with E-state index < -0.39 is 0 Å². The molecule has 0 saturated heterocycles. The zero-order valence-electron chi connectivity index (χ0n) is 11.3. The lowest BCUT2D eigenvalue weighted by Crippen LogP contribution is -1.95. The van der Waals surface area contributed by atoms with Gasteiger partial charge in [-0.3, -0.25) is 4.79 Å². The first kappa shape index (κ1) is 13.1. The molecule has 104 valence electrons. The van der Waals surface area contributed by atoms with Crippen molar-refractivity contribution in [3.8, 4) is 11.4 Å². The number of ether oxygens (including phenoxy) is 1. The van der Waals surface area contributed by atoms with Gasteiger partial charge in [-0.25, -0.2) is 4.68 Å². The molecule has 21 heavy (non-hydrogen) atoms. The molecule has 4 heteroatoms. The predicted molar refractivity (Wildman–Crippen MR) is 79.7 cm³/mol. The van der Waals surface area contributed by atoms with Crippen molar-refractivity contribution >= 4 is 6.29 Å². The molecule has 1 aromatic heterocycles. The molecule has 0 aliphatic carbocycles. The summed E-state index contributed by atoms with van der Waals surface area (Å²) in [5, 5.41) is 4.32. The van der Waals surface area contributed by atoms with Crippen molar-refractivity contribution in [2.75, 3.05) is 0 Å². The van der Waals surface area contributed by atoms with Gasteiger partial charge < -0.3 is 4.74 Å². The Bertz CT molecular complexity index is 718. The Morgan fingerprint density at radius 2 is 1.81 bits per heavy atom. The van der Waals surface area contributed by atoms with Gasteiger partial charge in [-0.2, -0.15) is 5.10 Å². The van der Waals surface area contributed by atoms with Crippen molar-refractivity contribution in [1.82, 2.24) is 9.78 Å². The summed E-state index contributed by atoms with van der Waals surface area (Å²) in [5.41, 5.74) is 2.64. The SMILES string of the molecule is O=Cc1ccc(OCc2cnn(-c3ccccc3)c2)cc1. The summed E-state index contributed by atoms with van der Waals surface area (Å²) in [7, 11) is 0. The summed E-state index contributed by atoms with van der Waals surface area (Å²) in [4.78, 5) is 10.6.